The molecule has 12 nitrogen and oxygen atoms in total. The minimum atomic E-state index is -1.31. The monoisotopic (exact) mass is 376 g/mol. The van der Waals surface area contributed by atoms with E-state index in [4.69, 9.17) is 21.1 Å². The van der Waals surface area contributed by atoms with Gasteiger partial charge in [0.2, 0.25) is 17.7 Å². The van der Waals surface area contributed by atoms with E-state index in [1.165, 1.54) is 13.8 Å². The van der Waals surface area contributed by atoms with Crippen molar-refractivity contribution in [3.05, 3.63) is 0 Å². The number of carbonyl (C=O) groups excluding carboxylic acids is 3. The number of hydrogen-bond donors (Lipinski definition) is 7. The SMILES string of the molecule is CC(NC(=O)C(CCC(=O)O)NC(=O)C(C)NC(=O)C(N)CO)C(=O)O. The number of hydrogen-bond acceptors (Lipinski definition) is 7. The van der Waals surface area contributed by atoms with Crippen LogP contribution in [0.15, 0.2) is 0 Å². The molecular weight excluding hydrogens is 352 g/mol. The molecule has 0 saturated carbocycles. The number of nitrogens with two attached hydrogens (primary N) is 1. The molecule has 8 N–H and O–H groups in total. The number of carboxylic acid groups (broad SMARTS) is 2. The molecule has 0 heterocycles. The average Bonchev–Trinajstić information content (AvgIpc) is 2.56. The van der Waals surface area contributed by atoms with Crippen molar-refractivity contribution in [1.82, 2.24) is 16.0 Å². The van der Waals surface area contributed by atoms with Gasteiger partial charge in [-0.1, -0.05) is 0 Å². The minimum Gasteiger partial charge on any atom is -0.481 e. The molecule has 0 radical (unpaired) electrons. The Morgan fingerprint density at radius 3 is 1.88 bits per heavy atom. The Labute approximate surface area is 149 Å². The molecule has 0 aromatic rings. The van der Waals surface area contributed by atoms with E-state index in [0.29, 0.717) is 0 Å². The summed E-state index contributed by atoms with van der Waals surface area (Å²) in [5.41, 5.74) is 5.30. The van der Waals surface area contributed by atoms with Crippen LogP contribution in [-0.4, -0.2) is 75.8 Å². The third-order valence-corrected chi connectivity index (χ3v) is 3.29. The molecular formula is C14H24N4O8. The lowest BCUT2D eigenvalue weighted by molar-refractivity contribution is -0.142. The second kappa shape index (κ2) is 11.0. The van der Waals surface area contributed by atoms with Crippen LogP contribution < -0.4 is 21.7 Å². The zero-order valence-corrected chi connectivity index (χ0v) is 14.4. The van der Waals surface area contributed by atoms with Gasteiger partial charge >= 0.3 is 11.9 Å². The molecule has 4 unspecified atom stereocenters. The summed E-state index contributed by atoms with van der Waals surface area (Å²) in [4.78, 5) is 57.2. The summed E-state index contributed by atoms with van der Waals surface area (Å²) in [6.07, 6.45) is -0.730. The van der Waals surface area contributed by atoms with E-state index in [1.807, 2.05) is 0 Å². The van der Waals surface area contributed by atoms with Gasteiger partial charge in [0.25, 0.3) is 0 Å². The highest BCUT2D eigenvalue weighted by Crippen LogP contribution is 2.01. The number of amides is 3. The van der Waals surface area contributed by atoms with Crippen LogP contribution in [0.3, 0.4) is 0 Å². The maximum absolute atomic E-state index is 12.1. The van der Waals surface area contributed by atoms with E-state index >= 15 is 0 Å². The summed E-state index contributed by atoms with van der Waals surface area (Å²) in [6.45, 7) is 1.87. The van der Waals surface area contributed by atoms with Gasteiger partial charge in [-0.15, -0.1) is 0 Å². The molecule has 0 aromatic carbocycles. The van der Waals surface area contributed by atoms with Crippen LogP contribution in [0.5, 0.6) is 0 Å². The normalized spacial score (nSPS) is 15.1. The lowest BCUT2D eigenvalue weighted by atomic mass is 10.1. The molecule has 0 bridgehead atoms. The number of rotatable bonds is 11. The van der Waals surface area contributed by atoms with Crippen molar-refractivity contribution in [3.63, 3.8) is 0 Å². The van der Waals surface area contributed by atoms with Crippen LogP contribution in [-0.2, 0) is 24.0 Å². The fourth-order valence-corrected chi connectivity index (χ4v) is 1.68. The van der Waals surface area contributed by atoms with Crippen molar-refractivity contribution in [2.75, 3.05) is 6.61 Å². The Hall–Kier alpha value is -2.73. The van der Waals surface area contributed by atoms with E-state index in [-0.39, 0.29) is 6.42 Å². The number of carboxylic acids is 2. The van der Waals surface area contributed by atoms with Gasteiger partial charge < -0.3 is 37.0 Å². The molecule has 26 heavy (non-hydrogen) atoms. The smallest absolute Gasteiger partial charge is 0.325 e. The Kier molecular flexibility index (Phi) is 9.84. The summed E-state index contributed by atoms with van der Waals surface area (Å²) in [6, 6.07) is -4.91. The quantitative estimate of drug-likeness (QED) is 0.193. The fraction of sp³-hybridized carbons (Fsp3) is 0.643. The van der Waals surface area contributed by atoms with Gasteiger partial charge in [-0.2, -0.15) is 0 Å². The van der Waals surface area contributed by atoms with Gasteiger partial charge in [-0.05, 0) is 20.3 Å². The second-order valence-electron chi connectivity index (χ2n) is 5.58. The third kappa shape index (κ3) is 8.39. The summed E-state index contributed by atoms with van der Waals surface area (Å²) in [5.74, 6) is -4.99. The first-order valence-electron chi connectivity index (χ1n) is 7.71. The summed E-state index contributed by atoms with van der Waals surface area (Å²) < 4.78 is 0. The maximum atomic E-state index is 12.1. The Morgan fingerprint density at radius 2 is 1.42 bits per heavy atom. The van der Waals surface area contributed by atoms with E-state index in [2.05, 4.69) is 16.0 Å². The Bertz CT molecular complexity index is 553. The van der Waals surface area contributed by atoms with Gasteiger partial charge in [0.05, 0.1) is 6.61 Å². The second-order valence-corrected chi connectivity index (χ2v) is 5.58. The molecule has 3 amide bonds. The molecule has 0 aliphatic heterocycles. The van der Waals surface area contributed by atoms with E-state index in [0.717, 1.165) is 0 Å². The molecule has 4 atom stereocenters. The van der Waals surface area contributed by atoms with Crippen molar-refractivity contribution in [2.45, 2.75) is 50.9 Å². The Balaban J connectivity index is 4.95. The van der Waals surface area contributed by atoms with Crippen molar-refractivity contribution >= 4 is 29.7 Å². The molecule has 0 saturated heterocycles. The predicted octanol–water partition coefficient (Wildman–Crippen LogP) is -3.25. The molecule has 12 heteroatoms. The molecule has 0 fully saturated rings. The first-order chi connectivity index (χ1) is 12.0. The maximum Gasteiger partial charge on any atom is 0.325 e. The lowest BCUT2D eigenvalue weighted by Crippen LogP contribution is -2.56. The van der Waals surface area contributed by atoms with Crippen molar-refractivity contribution in [1.29, 1.82) is 0 Å². The van der Waals surface area contributed by atoms with Gasteiger partial charge in [-0.3, -0.25) is 24.0 Å². The molecule has 148 valence electrons. The van der Waals surface area contributed by atoms with Crippen LogP contribution in [0.2, 0.25) is 0 Å². The van der Waals surface area contributed by atoms with E-state index in [1.54, 1.807) is 0 Å². The number of aliphatic hydroxyl groups is 1. The number of nitrogens with one attached hydrogen (secondary N) is 3. The largest absolute Gasteiger partial charge is 0.481 e. The van der Waals surface area contributed by atoms with Gasteiger partial charge in [0, 0.05) is 6.42 Å². The molecule has 0 spiro atoms. The zero-order chi connectivity index (χ0) is 20.4. The number of aliphatic hydroxyl groups excluding tert-OH is 1. The van der Waals surface area contributed by atoms with Crippen LogP contribution in [0.25, 0.3) is 0 Å². The standard InChI is InChI=1S/C14H24N4O8/c1-6(16-12(23)8(15)5-19)11(22)18-9(3-4-10(20)21)13(24)17-7(2)14(25)26/h6-9,19H,3-5,15H2,1-2H3,(H,16,23)(H,17,24)(H,18,22)(H,20,21)(H,25,26). The van der Waals surface area contributed by atoms with Crippen molar-refractivity contribution in [3.8, 4) is 0 Å². The molecule has 0 aliphatic carbocycles. The van der Waals surface area contributed by atoms with Crippen molar-refractivity contribution in [2.24, 2.45) is 5.73 Å². The minimum absolute atomic E-state index is 0.282. The number of carbonyl (C=O) groups is 5. The van der Waals surface area contributed by atoms with Gasteiger partial charge in [-0.25, -0.2) is 0 Å². The van der Waals surface area contributed by atoms with Gasteiger partial charge in [0.15, 0.2) is 0 Å². The summed E-state index contributed by atoms with van der Waals surface area (Å²) >= 11 is 0. The highest BCUT2D eigenvalue weighted by Gasteiger charge is 2.27. The predicted molar refractivity (Wildman–Crippen MR) is 86.7 cm³/mol. The summed E-state index contributed by atoms with van der Waals surface area (Å²) in [7, 11) is 0. The van der Waals surface area contributed by atoms with Crippen LogP contribution >= 0.6 is 0 Å². The molecule has 0 aromatic heterocycles. The summed E-state index contributed by atoms with van der Waals surface area (Å²) in [5, 5.41) is 32.9. The molecule has 0 aliphatic rings. The van der Waals surface area contributed by atoms with E-state index in [9.17, 15) is 24.0 Å². The van der Waals surface area contributed by atoms with Crippen LogP contribution in [0.1, 0.15) is 26.7 Å². The topological polar surface area (TPSA) is 208 Å². The first kappa shape index (κ1) is 23.3. The third-order valence-electron chi connectivity index (χ3n) is 3.29. The fourth-order valence-electron chi connectivity index (χ4n) is 1.68. The zero-order valence-electron chi connectivity index (χ0n) is 14.4. The highest BCUT2D eigenvalue weighted by atomic mass is 16.4. The van der Waals surface area contributed by atoms with E-state index < -0.39 is 66.9 Å². The lowest BCUT2D eigenvalue weighted by Gasteiger charge is -2.22. The van der Waals surface area contributed by atoms with Crippen molar-refractivity contribution < 1.29 is 39.3 Å². The Morgan fingerprint density at radius 1 is 0.885 bits per heavy atom. The van der Waals surface area contributed by atoms with Gasteiger partial charge in [0.1, 0.15) is 24.2 Å². The average molecular weight is 376 g/mol. The number of aliphatic carboxylic acids is 2. The van der Waals surface area contributed by atoms with Crippen LogP contribution in [0, 0.1) is 0 Å². The molecule has 0 rings (SSSR count). The first-order valence-corrected chi connectivity index (χ1v) is 7.71. The highest BCUT2D eigenvalue weighted by molar-refractivity contribution is 5.94. The van der Waals surface area contributed by atoms with Crippen LogP contribution in [0.4, 0.5) is 0 Å².